The Morgan fingerprint density at radius 1 is 0.970 bits per heavy atom. The van der Waals surface area contributed by atoms with Crippen LogP contribution >= 0.6 is 23.2 Å². The van der Waals surface area contributed by atoms with Crippen LogP contribution in [-0.4, -0.2) is 28.3 Å². The molecule has 0 aliphatic rings. The van der Waals surface area contributed by atoms with Crippen molar-refractivity contribution in [2.75, 3.05) is 0 Å². The zero-order valence-corrected chi connectivity index (χ0v) is 21.0. The molecule has 0 saturated carbocycles. The van der Waals surface area contributed by atoms with E-state index in [0.717, 1.165) is 21.9 Å². The highest BCUT2D eigenvalue weighted by molar-refractivity contribution is 6.42. The minimum Gasteiger partial charge on any atom is -0.350 e. The van der Waals surface area contributed by atoms with Gasteiger partial charge in [-0.3, -0.25) is 9.59 Å². The molecule has 6 heteroatoms. The lowest BCUT2D eigenvalue weighted by atomic mass is 10.0. The summed E-state index contributed by atoms with van der Waals surface area (Å²) in [6.45, 7) is 7.79. The van der Waals surface area contributed by atoms with Crippen molar-refractivity contribution in [2.45, 2.75) is 58.7 Å². The maximum absolute atomic E-state index is 13.4. The third-order valence-electron chi connectivity index (χ3n) is 5.49. The molecule has 2 amide bonds. The van der Waals surface area contributed by atoms with Gasteiger partial charge >= 0.3 is 0 Å². The van der Waals surface area contributed by atoms with E-state index in [4.69, 9.17) is 23.2 Å². The van der Waals surface area contributed by atoms with Crippen LogP contribution in [0.3, 0.4) is 0 Å². The highest BCUT2D eigenvalue weighted by Crippen LogP contribution is 2.25. The summed E-state index contributed by atoms with van der Waals surface area (Å²) >= 11 is 12.2. The number of hydrogen-bond donors (Lipinski definition) is 1. The largest absolute Gasteiger partial charge is 0.350 e. The summed E-state index contributed by atoms with van der Waals surface area (Å²) < 4.78 is 0. The van der Waals surface area contributed by atoms with Gasteiger partial charge in [0.25, 0.3) is 0 Å². The molecule has 1 N–H and O–H groups in total. The molecule has 1 unspecified atom stereocenters. The molecule has 0 aliphatic carbocycles. The predicted molar refractivity (Wildman–Crippen MR) is 137 cm³/mol. The molecular weight excluding hydrogens is 455 g/mol. The first-order chi connectivity index (χ1) is 15.5. The fraction of sp³-hybridized carbons (Fsp3) is 0.333. The average Bonchev–Trinajstić information content (AvgIpc) is 2.76. The first-order valence-corrected chi connectivity index (χ1v) is 11.8. The van der Waals surface area contributed by atoms with E-state index in [-0.39, 0.29) is 18.4 Å². The standard InChI is InChI=1S/C27H30Cl2N2O2/c1-18(26(33)30-27(2,3)4)31(17-19-12-14-23(28)24(29)16-19)25(32)15-13-21-10-7-9-20-8-5-6-11-22(20)21/h5-12,14,16,18H,13,15,17H2,1-4H3,(H,30,33). The monoisotopic (exact) mass is 484 g/mol. The van der Waals surface area contributed by atoms with Gasteiger partial charge in [-0.2, -0.15) is 0 Å². The molecule has 174 valence electrons. The van der Waals surface area contributed by atoms with Gasteiger partial charge in [0.05, 0.1) is 10.0 Å². The molecule has 0 saturated heterocycles. The van der Waals surface area contributed by atoms with E-state index in [0.29, 0.717) is 22.9 Å². The minimum atomic E-state index is -0.640. The molecular formula is C27H30Cl2N2O2. The number of benzene rings is 3. The number of amides is 2. The summed E-state index contributed by atoms with van der Waals surface area (Å²) in [5, 5.41) is 6.14. The molecule has 3 rings (SSSR count). The smallest absolute Gasteiger partial charge is 0.242 e. The topological polar surface area (TPSA) is 49.4 Å². The number of carbonyl (C=O) groups excluding carboxylic acids is 2. The number of carbonyl (C=O) groups is 2. The van der Waals surface area contributed by atoms with E-state index in [2.05, 4.69) is 29.6 Å². The van der Waals surface area contributed by atoms with Crippen LogP contribution in [-0.2, 0) is 22.6 Å². The molecule has 0 fully saturated rings. The van der Waals surface area contributed by atoms with Gasteiger partial charge in [-0.05, 0) is 68.1 Å². The Labute approximate surface area is 205 Å². The van der Waals surface area contributed by atoms with Crippen molar-refractivity contribution in [2.24, 2.45) is 0 Å². The Hall–Kier alpha value is -2.56. The summed E-state index contributed by atoms with van der Waals surface area (Å²) in [6, 6.07) is 18.9. The van der Waals surface area contributed by atoms with Crippen molar-refractivity contribution in [3.63, 3.8) is 0 Å². The zero-order chi connectivity index (χ0) is 24.2. The molecule has 4 nitrogen and oxygen atoms in total. The normalized spacial score (nSPS) is 12.4. The maximum Gasteiger partial charge on any atom is 0.242 e. The maximum atomic E-state index is 13.4. The summed E-state index contributed by atoms with van der Waals surface area (Å²) in [5.74, 6) is -0.286. The van der Waals surface area contributed by atoms with Crippen LogP contribution in [0.2, 0.25) is 10.0 Å². The molecule has 3 aromatic carbocycles. The highest BCUT2D eigenvalue weighted by atomic mass is 35.5. The lowest BCUT2D eigenvalue weighted by Gasteiger charge is -2.31. The average molecular weight is 485 g/mol. The van der Waals surface area contributed by atoms with Gasteiger partial charge in [-0.1, -0.05) is 71.7 Å². The van der Waals surface area contributed by atoms with Crippen molar-refractivity contribution < 1.29 is 9.59 Å². The molecule has 0 bridgehead atoms. The molecule has 0 radical (unpaired) electrons. The zero-order valence-electron chi connectivity index (χ0n) is 19.5. The van der Waals surface area contributed by atoms with Gasteiger partial charge in [-0.25, -0.2) is 0 Å². The van der Waals surface area contributed by atoms with E-state index in [1.165, 1.54) is 0 Å². The van der Waals surface area contributed by atoms with E-state index in [1.807, 2.05) is 45.0 Å². The predicted octanol–water partition coefficient (Wildman–Crippen LogP) is 6.41. The van der Waals surface area contributed by atoms with Crippen molar-refractivity contribution in [1.29, 1.82) is 0 Å². The van der Waals surface area contributed by atoms with E-state index in [9.17, 15) is 9.59 Å². The minimum absolute atomic E-state index is 0.0921. The number of halogens is 2. The van der Waals surface area contributed by atoms with Crippen LogP contribution in [0.4, 0.5) is 0 Å². The Morgan fingerprint density at radius 3 is 2.36 bits per heavy atom. The van der Waals surface area contributed by atoms with Gasteiger partial charge in [-0.15, -0.1) is 0 Å². The summed E-state index contributed by atoms with van der Waals surface area (Å²) in [7, 11) is 0. The molecule has 0 heterocycles. The lowest BCUT2D eigenvalue weighted by molar-refractivity contribution is -0.141. The summed E-state index contributed by atoms with van der Waals surface area (Å²) in [6.07, 6.45) is 0.883. The molecule has 0 aromatic heterocycles. The van der Waals surface area contributed by atoms with Crippen LogP contribution in [0.25, 0.3) is 10.8 Å². The Balaban J connectivity index is 1.82. The van der Waals surface area contributed by atoms with Crippen molar-refractivity contribution in [3.05, 3.63) is 81.8 Å². The molecule has 33 heavy (non-hydrogen) atoms. The summed E-state index contributed by atoms with van der Waals surface area (Å²) in [5.41, 5.74) is 1.54. The second kappa shape index (κ2) is 10.6. The Kier molecular flexibility index (Phi) is 8.04. The lowest BCUT2D eigenvalue weighted by Crippen LogP contribution is -2.52. The second-order valence-electron chi connectivity index (χ2n) is 9.32. The Bertz CT molecular complexity index is 1150. The van der Waals surface area contributed by atoms with Gasteiger partial charge in [0.1, 0.15) is 6.04 Å². The van der Waals surface area contributed by atoms with E-state index in [1.54, 1.807) is 24.0 Å². The second-order valence-corrected chi connectivity index (χ2v) is 10.1. The first kappa shape index (κ1) is 25.1. The third-order valence-corrected chi connectivity index (χ3v) is 6.23. The van der Waals surface area contributed by atoms with Crippen molar-refractivity contribution in [1.82, 2.24) is 10.2 Å². The third kappa shape index (κ3) is 6.72. The van der Waals surface area contributed by atoms with Crippen LogP contribution in [0.15, 0.2) is 60.7 Å². The van der Waals surface area contributed by atoms with E-state index >= 15 is 0 Å². The summed E-state index contributed by atoms with van der Waals surface area (Å²) in [4.78, 5) is 27.9. The van der Waals surface area contributed by atoms with Crippen LogP contribution in [0, 0.1) is 0 Å². The molecule has 0 aliphatic heterocycles. The number of aryl methyl sites for hydroxylation is 1. The van der Waals surface area contributed by atoms with Crippen LogP contribution in [0.1, 0.15) is 45.2 Å². The van der Waals surface area contributed by atoms with Gasteiger partial charge in [0.2, 0.25) is 11.8 Å². The van der Waals surface area contributed by atoms with Crippen molar-refractivity contribution in [3.8, 4) is 0 Å². The SMILES string of the molecule is CC(C(=O)NC(C)(C)C)N(Cc1ccc(Cl)c(Cl)c1)C(=O)CCc1cccc2ccccc12. The number of rotatable bonds is 7. The van der Waals surface area contributed by atoms with Gasteiger partial charge in [0, 0.05) is 18.5 Å². The van der Waals surface area contributed by atoms with Crippen LogP contribution in [0.5, 0.6) is 0 Å². The Morgan fingerprint density at radius 2 is 1.67 bits per heavy atom. The number of hydrogen-bond acceptors (Lipinski definition) is 2. The van der Waals surface area contributed by atoms with Crippen molar-refractivity contribution >= 4 is 45.8 Å². The fourth-order valence-electron chi connectivity index (χ4n) is 3.79. The van der Waals surface area contributed by atoms with E-state index < -0.39 is 11.6 Å². The molecule has 3 aromatic rings. The number of fused-ring (bicyclic) bond motifs is 1. The number of nitrogens with zero attached hydrogens (tertiary/aromatic N) is 1. The quantitative estimate of drug-likeness (QED) is 0.420. The number of nitrogens with one attached hydrogen (secondary N) is 1. The van der Waals surface area contributed by atoms with Crippen LogP contribution < -0.4 is 5.32 Å². The highest BCUT2D eigenvalue weighted by Gasteiger charge is 2.28. The molecule has 1 atom stereocenters. The van der Waals surface area contributed by atoms with Gasteiger partial charge < -0.3 is 10.2 Å². The van der Waals surface area contributed by atoms with Gasteiger partial charge in [0.15, 0.2) is 0 Å². The molecule has 0 spiro atoms. The first-order valence-electron chi connectivity index (χ1n) is 11.1. The fourth-order valence-corrected chi connectivity index (χ4v) is 4.11.